The third kappa shape index (κ3) is 6.10. The van der Waals surface area contributed by atoms with Crippen LogP contribution in [-0.2, 0) is 6.42 Å². The fourth-order valence-electron chi connectivity index (χ4n) is 4.18. The van der Waals surface area contributed by atoms with Gasteiger partial charge >= 0.3 is 5.63 Å². The van der Waals surface area contributed by atoms with Crippen molar-refractivity contribution in [2.75, 3.05) is 0 Å². The molecular weight excluding hydrogens is 440 g/mol. The van der Waals surface area contributed by atoms with Crippen LogP contribution in [0.2, 0.25) is 0 Å². The monoisotopic (exact) mass is 474 g/mol. The zero-order valence-corrected chi connectivity index (χ0v) is 21.1. The highest BCUT2D eigenvalue weighted by Gasteiger charge is 2.27. The Morgan fingerprint density at radius 1 is 1.03 bits per heavy atom. The highest BCUT2D eigenvalue weighted by atomic mass is 16.4. The lowest BCUT2D eigenvalue weighted by molar-refractivity contribution is 0.0962. The van der Waals surface area contributed by atoms with Gasteiger partial charge in [-0.3, -0.25) is 4.79 Å². The van der Waals surface area contributed by atoms with E-state index in [-0.39, 0.29) is 52.6 Å². The third-order valence-corrected chi connectivity index (χ3v) is 5.93. The molecule has 0 aliphatic rings. The summed E-state index contributed by atoms with van der Waals surface area (Å²) >= 11 is 0. The van der Waals surface area contributed by atoms with Crippen LogP contribution >= 0.6 is 0 Å². The number of fused-ring (bicyclic) bond motifs is 1. The fourth-order valence-corrected chi connectivity index (χ4v) is 4.18. The molecule has 5 nitrogen and oxygen atoms in total. The van der Waals surface area contributed by atoms with Crippen LogP contribution in [0.3, 0.4) is 0 Å². The molecule has 0 radical (unpaired) electrons. The molecule has 2 aromatic carbocycles. The first-order valence-electron chi connectivity index (χ1n) is 12.0. The number of allylic oxidation sites excluding steroid dienone is 4. The first-order valence-corrected chi connectivity index (χ1v) is 12.0. The van der Waals surface area contributed by atoms with Gasteiger partial charge in [-0.05, 0) is 51.5 Å². The average Bonchev–Trinajstić information content (AvgIpc) is 2.78. The van der Waals surface area contributed by atoms with E-state index in [0.29, 0.717) is 16.7 Å². The first kappa shape index (κ1) is 26.0. The second kappa shape index (κ2) is 11.2. The van der Waals surface area contributed by atoms with Crippen LogP contribution in [0.5, 0.6) is 11.5 Å². The molecule has 1 heterocycles. The Morgan fingerprint density at radius 2 is 1.71 bits per heavy atom. The summed E-state index contributed by atoms with van der Waals surface area (Å²) in [7, 11) is 0. The highest BCUT2D eigenvalue weighted by Crippen LogP contribution is 2.44. The van der Waals surface area contributed by atoms with Gasteiger partial charge in [0, 0.05) is 23.6 Å². The molecule has 0 saturated carbocycles. The van der Waals surface area contributed by atoms with Crippen molar-refractivity contribution in [3.05, 3.63) is 81.2 Å². The number of carbonyl (C=O) groups is 1. The number of phenols is 2. The number of rotatable bonds is 9. The maximum atomic E-state index is 13.1. The van der Waals surface area contributed by atoms with Crippen molar-refractivity contribution in [3.8, 4) is 22.6 Å². The summed E-state index contributed by atoms with van der Waals surface area (Å²) in [5.74, 6) is -1.01. The standard InChI is InChI=1S/C30H34O5/c1-18(2)10-9-11-20(5)14-15-22-28(33)27(24(31)16-19(3)4)29(34)26-23(17-25(32)35-30(22)26)21-12-7-6-8-13-21/h6-8,10,12-14,17,19,33-34H,9,11,15-16H2,1-5H3/b20-14+. The molecule has 0 saturated heterocycles. The normalized spacial score (nSPS) is 11.8. The molecule has 0 aliphatic carbocycles. The van der Waals surface area contributed by atoms with Gasteiger partial charge in [-0.2, -0.15) is 0 Å². The molecular formula is C30H34O5. The van der Waals surface area contributed by atoms with Crippen LogP contribution in [-0.4, -0.2) is 16.0 Å². The minimum atomic E-state index is -0.595. The van der Waals surface area contributed by atoms with Crippen molar-refractivity contribution in [1.82, 2.24) is 0 Å². The van der Waals surface area contributed by atoms with Crippen molar-refractivity contribution in [2.24, 2.45) is 5.92 Å². The molecule has 0 aliphatic heterocycles. The number of hydrogen-bond donors (Lipinski definition) is 2. The minimum Gasteiger partial charge on any atom is -0.507 e. The summed E-state index contributed by atoms with van der Waals surface area (Å²) in [5, 5.41) is 22.7. The second-order valence-electron chi connectivity index (χ2n) is 9.70. The molecule has 0 unspecified atom stereocenters. The quantitative estimate of drug-likeness (QED) is 0.192. The Balaban J connectivity index is 2.27. The van der Waals surface area contributed by atoms with Crippen LogP contribution in [0, 0.1) is 5.92 Å². The topological polar surface area (TPSA) is 87.7 Å². The van der Waals surface area contributed by atoms with Gasteiger partial charge in [-0.15, -0.1) is 0 Å². The SMILES string of the molecule is CC(C)=CCC/C(C)=C/Cc1c(O)c(C(=O)CC(C)C)c(O)c2c(-c3ccccc3)cc(=O)oc12. The van der Waals surface area contributed by atoms with Crippen LogP contribution in [0.1, 0.15) is 69.8 Å². The third-order valence-electron chi connectivity index (χ3n) is 5.93. The number of benzene rings is 2. The lowest BCUT2D eigenvalue weighted by atomic mass is 9.91. The first-order chi connectivity index (χ1) is 16.6. The van der Waals surface area contributed by atoms with Gasteiger partial charge in [0.05, 0.1) is 5.39 Å². The van der Waals surface area contributed by atoms with E-state index in [2.05, 4.69) is 19.9 Å². The van der Waals surface area contributed by atoms with Crippen LogP contribution in [0.25, 0.3) is 22.1 Å². The molecule has 3 aromatic rings. The Hall–Kier alpha value is -3.60. The van der Waals surface area contributed by atoms with E-state index in [1.54, 1.807) is 0 Å². The summed E-state index contributed by atoms with van der Waals surface area (Å²) < 4.78 is 5.55. The van der Waals surface area contributed by atoms with E-state index in [1.165, 1.54) is 11.6 Å². The Kier molecular flexibility index (Phi) is 8.34. The van der Waals surface area contributed by atoms with E-state index >= 15 is 0 Å². The Morgan fingerprint density at radius 3 is 2.34 bits per heavy atom. The molecule has 0 bridgehead atoms. The van der Waals surface area contributed by atoms with Crippen LogP contribution in [0.15, 0.2) is 68.9 Å². The van der Waals surface area contributed by atoms with Gasteiger partial charge in [-0.1, -0.05) is 67.5 Å². The van der Waals surface area contributed by atoms with Crippen LogP contribution < -0.4 is 5.63 Å². The van der Waals surface area contributed by atoms with Gasteiger partial charge in [0.2, 0.25) is 0 Å². The van der Waals surface area contributed by atoms with Crippen molar-refractivity contribution < 1.29 is 19.4 Å². The smallest absolute Gasteiger partial charge is 0.336 e. The summed E-state index contributed by atoms with van der Waals surface area (Å²) in [6, 6.07) is 10.5. The maximum Gasteiger partial charge on any atom is 0.336 e. The van der Waals surface area contributed by atoms with Gasteiger partial charge in [0.15, 0.2) is 5.78 Å². The molecule has 0 amide bonds. The zero-order chi connectivity index (χ0) is 25.7. The van der Waals surface area contributed by atoms with Crippen LogP contribution in [0.4, 0.5) is 0 Å². The Labute approximate surface area is 206 Å². The van der Waals surface area contributed by atoms with Gasteiger partial charge in [0.25, 0.3) is 0 Å². The predicted molar refractivity (Wildman–Crippen MR) is 141 cm³/mol. The van der Waals surface area contributed by atoms with Crippen molar-refractivity contribution in [3.63, 3.8) is 0 Å². The number of phenolic OH excluding ortho intramolecular Hbond substituents is 2. The fraction of sp³-hybridized carbons (Fsp3) is 0.333. The van der Waals surface area contributed by atoms with E-state index < -0.39 is 5.63 Å². The van der Waals surface area contributed by atoms with Crippen molar-refractivity contribution in [1.29, 1.82) is 0 Å². The summed E-state index contributed by atoms with van der Waals surface area (Å²) in [6.45, 7) is 9.93. The minimum absolute atomic E-state index is 0.0416. The van der Waals surface area contributed by atoms with Crippen molar-refractivity contribution >= 4 is 16.8 Å². The molecule has 35 heavy (non-hydrogen) atoms. The Bertz CT molecular complexity index is 1340. The molecule has 1 aromatic heterocycles. The number of ketones is 1. The molecule has 0 atom stereocenters. The number of aromatic hydroxyl groups is 2. The molecule has 2 N–H and O–H groups in total. The summed E-state index contributed by atoms with van der Waals surface area (Å²) in [6.07, 6.45) is 6.31. The lowest BCUT2D eigenvalue weighted by Crippen LogP contribution is -2.08. The lowest BCUT2D eigenvalue weighted by Gasteiger charge is -2.17. The van der Waals surface area contributed by atoms with Gasteiger partial charge < -0.3 is 14.6 Å². The second-order valence-corrected chi connectivity index (χ2v) is 9.70. The zero-order valence-electron chi connectivity index (χ0n) is 21.1. The van der Waals surface area contributed by atoms with E-state index in [9.17, 15) is 19.8 Å². The number of carbonyl (C=O) groups excluding carboxylic acids is 1. The predicted octanol–water partition coefficient (Wildman–Crippen LogP) is 7.34. The van der Waals surface area contributed by atoms with E-state index in [1.807, 2.05) is 57.2 Å². The molecule has 0 fully saturated rings. The summed E-state index contributed by atoms with van der Waals surface area (Å²) in [4.78, 5) is 25.7. The van der Waals surface area contributed by atoms with Crippen molar-refractivity contribution in [2.45, 2.75) is 60.3 Å². The number of Topliss-reactive ketones (excluding diaryl/α,β-unsaturated/α-hetero) is 1. The molecule has 184 valence electrons. The molecule has 0 spiro atoms. The molecule has 5 heteroatoms. The number of hydrogen-bond acceptors (Lipinski definition) is 5. The largest absolute Gasteiger partial charge is 0.507 e. The highest BCUT2D eigenvalue weighted by molar-refractivity contribution is 6.11. The van der Waals surface area contributed by atoms with Gasteiger partial charge in [0.1, 0.15) is 22.6 Å². The van der Waals surface area contributed by atoms with Gasteiger partial charge in [-0.25, -0.2) is 4.79 Å². The maximum absolute atomic E-state index is 13.1. The summed E-state index contributed by atoms with van der Waals surface area (Å²) in [5.41, 5.74) is 3.22. The average molecular weight is 475 g/mol. The molecule has 3 rings (SSSR count). The van der Waals surface area contributed by atoms with E-state index in [4.69, 9.17) is 4.42 Å². The van der Waals surface area contributed by atoms with E-state index in [0.717, 1.165) is 18.4 Å².